The first-order valence-electron chi connectivity index (χ1n) is 5.97. The van der Waals surface area contributed by atoms with Crippen LogP contribution in [-0.4, -0.2) is 5.11 Å². The molecule has 0 amide bonds. The molecular weight excluding hydrogens is 285 g/mol. The van der Waals surface area contributed by atoms with Crippen molar-refractivity contribution in [1.29, 1.82) is 0 Å². The molecule has 1 aromatic heterocycles. The minimum atomic E-state index is -0.0810. The lowest BCUT2D eigenvalue weighted by Gasteiger charge is -2.14. The van der Waals surface area contributed by atoms with E-state index in [1.54, 1.807) is 12.1 Å². The van der Waals surface area contributed by atoms with E-state index in [0.29, 0.717) is 22.4 Å². The molecule has 2 aromatic rings. The molecule has 0 aliphatic heterocycles. The van der Waals surface area contributed by atoms with Gasteiger partial charge in [-0.1, -0.05) is 29.3 Å². The Balaban J connectivity index is 1.96. The molecule has 2 N–H and O–H groups in total. The highest BCUT2D eigenvalue weighted by molar-refractivity contribution is 6.42. The van der Waals surface area contributed by atoms with Crippen molar-refractivity contribution in [3.63, 3.8) is 0 Å². The Morgan fingerprint density at radius 3 is 2.53 bits per heavy atom. The van der Waals surface area contributed by atoms with Gasteiger partial charge in [0.05, 0.1) is 16.6 Å². The summed E-state index contributed by atoms with van der Waals surface area (Å²) in [6.45, 7) is 2.54. The van der Waals surface area contributed by atoms with Gasteiger partial charge in [-0.3, -0.25) is 0 Å². The van der Waals surface area contributed by atoms with Gasteiger partial charge >= 0.3 is 0 Å². The Labute approximate surface area is 122 Å². The first kappa shape index (κ1) is 14.4. The van der Waals surface area contributed by atoms with Crippen LogP contribution in [-0.2, 0) is 13.2 Å². The zero-order valence-corrected chi connectivity index (χ0v) is 12.0. The van der Waals surface area contributed by atoms with Gasteiger partial charge in [0.15, 0.2) is 0 Å². The quantitative estimate of drug-likeness (QED) is 0.879. The monoisotopic (exact) mass is 299 g/mol. The molecule has 3 nitrogen and oxygen atoms in total. The molecule has 2 rings (SSSR count). The number of hydrogen-bond donors (Lipinski definition) is 2. The Bertz CT molecular complexity index is 554. The number of halogens is 2. The summed E-state index contributed by atoms with van der Waals surface area (Å²) in [6.07, 6.45) is 0. The molecular formula is C14H15Cl2NO2. The maximum Gasteiger partial charge on any atom is 0.129 e. The Kier molecular flexibility index (Phi) is 4.88. The van der Waals surface area contributed by atoms with Crippen LogP contribution in [0.25, 0.3) is 0 Å². The number of aliphatic hydroxyl groups excluding tert-OH is 1. The Morgan fingerprint density at radius 2 is 1.89 bits per heavy atom. The topological polar surface area (TPSA) is 45.4 Å². The average molecular weight is 300 g/mol. The molecule has 0 saturated carbocycles. The largest absolute Gasteiger partial charge is 0.462 e. The van der Waals surface area contributed by atoms with Crippen LogP contribution in [0.3, 0.4) is 0 Å². The summed E-state index contributed by atoms with van der Waals surface area (Å²) in [7, 11) is 0. The maximum absolute atomic E-state index is 8.92. The van der Waals surface area contributed by atoms with E-state index in [-0.39, 0.29) is 12.6 Å². The van der Waals surface area contributed by atoms with Crippen molar-refractivity contribution in [2.45, 2.75) is 26.1 Å². The second kappa shape index (κ2) is 6.44. The van der Waals surface area contributed by atoms with Crippen molar-refractivity contribution in [3.8, 4) is 0 Å². The van der Waals surface area contributed by atoms with E-state index in [9.17, 15) is 0 Å². The van der Waals surface area contributed by atoms with Crippen LogP contribution >= 0.6 is 23.2 Å². The zero-order chi connectivity index (χ0) is 13.8. The third kappa shape index (κ3) is 3.74. The van der Waals surface area contributed by atoms with Crippen LogP contribution in [0.15, 0.2) is 34.7 Å². The molecule has 0 bridgehead atoms. The maximum atomic E-state index is 8.92. The van der Waals surface area contributed by atoms with Gasteiger partial charge in [-0.15, -0.1) is 0 Å². The number of furan rings is 1. The van der Waals surface area contributed by atoms with E-state index >= 15 is 0 Å². The minimum absolute atomic E-state index is 0.0810. The molecule has 0 fully saturated rings. The van der Waals surface area contributed by atoms with Crippen LogP contribution in [0.4, 0.5) is 0 Å². The highest BCUT2D eigenvalue weighted by Crippen LogP contribution is 2.25. The summed E-state index contributed by atoms with van der Waals surface area (Å²) < 4.78 is 5.40. The molecule has 0 aliphatic carbocycles. The van der Waals surface area contributed by atoms with Crippen molar-refractivity contribution >= 4 is 23.2 Å². The zero-order valence-electron chi connectivity index (χ0n) is 10.5. The molecule has 1 heterocycles. The lowest BCUT2D eigenvalue weighted by Crippen LogP contribution is -2.17. The van der Waals surface area contributed by atoms with Crippen molar-refractivity contribution in [2.24, 2.45) is 0 Å². The Hall–Kier alpha value is -1.000. The molecule has 0 saturated heterocycles. The van der Waals surface area contributed by atoms with Crippen molar-refractivity contribution in [1.82, 2.24) is 5.32 Å². The summed E-state index contributed by atoms with van der Waals surface area (Å²) in [5, 5.41) is 13.3. The van der Waals surface area contributed by atoms with Gasteiger partial charge in [0.1, 0.15) is 18.1 Å². The Morgan fingerprint density at radius 1 is 1.16 bits per heavy atom. The van der Waals surface area contributed by atoms with E-state index in [1.165, 1.54) is 0 Å². The van der Waals surface area contributed by atoms with Crippen LogP contribution in [0.1, 0.15) is 30.0 Å². The van der Waals surface area contributed by atoms with E-state index in [1.807, 2.05) is 25.1 Å². The van der Waals surface area contributed by atoms with Gasteiger partial charge in [0.25, 0.3) is 0 Å². The molecule has 0 spiro atoms. The van der Waals surface area contributed by atoms with Gasteiger partial charge in [-0.05, 0) is 36.8 Å². The number of aliphatic hydroxyl groups is 1. The predicted octanol–water partition coefficient (Wildman–Crippen LogP) is 3.93. The first-order valence-corrected chi connectivity index (χ1v) is 6.72. The summed E-state index contributed by atoms with van der Waals surface area (Å²) >= 11 is 11.9. The molecule has 19 heavy (non-hydrogen) atoms. The summed E-state index contributed by atoms with van der Waals surface area (Å²) in [5.41, 5.74) is 1.06. The van der Waals surface area contributed by atoms with Crippen LogP contribution in [0.5, 0.6) is 0 Å². The fourth-order valence-electron chi connectivity index (χ4n) is 1.76. The van der Waals surface area contributed by atoms with Crippen LogP contribution < -0.4 is 5.32 Å². The minimum Gasteiger partial charge on any atom is -0.462 e. The van der Waals surface area contributed by atoms with Crippen LogP contribution in [0.2, 0.25) is 10.0 Å². The fourth-order valence-corrected chi connectivity index (χ4v) is 2.06. The summed E-state index contributed by atoms with van der Waals surface area (Å²) in [4.78, 5) is 0. The molecule has 1 aromatic carbocycles. The number of benzene rings is 1. The van der Waals surface area contributed by atoms with Gasteiger partial charge in [-0.25, -0.2) is 0 Å². The highest BCUT2D eigenvalue weighted by Gasteiger charge is 2.08. The standard InChI is InChI=1S/C14H15Cl2NO2/c1-9(10-2-5-13(15)14(16)6-10)17-7-11-3-4-12(8-18)19-11/h2-6,9,17-18H,7-8H2,1H3. The molecule has 1 unspecified atom stereocenters. The normalized spacial score (nSPS) is 12.6. The fraction of sp³-hybridized carbons (Fsp3) is 0.286. The number of nitrogens with one attached hydrogen (secondary N) is 1. The summed E-state index contributed by atoms with van der Waals surface area (Å²) in [6, 6.07) is 9.31. The van der Waals surface area contributed by atoms with Crippen molar-refractivity contribution in [3.05, 3.63) is 57.5 Å². The molecule has 0 radical (unpaired) electrons. The second-order valence-corrected chi connectivity index (χ2v) is 5.12. The van der Waals surface area contributed by atoms with Crippen LogP contribution in [0, 0.1) is 0 Å². The van der Waals surface area contributed by atoms with E-state index in [0.717, 1.165) is 11.3 Å². The predicted molar refractivity (Wildman–Crippen MR) is 76.3 cm³/mol. The SMILES string of the molecule is CC(NCc1ccc(CO)o1)c1ccc(Cl)c(Cl)c1. The van der Waals surface area contributed by atoms with Crippen molar-refractivity contribution in [2.75, 3.05) is 0 Å². The average Bonchev–Trinajstić information content (AvgIpc) is 2.87. The van der Waals surface area contributed by atoms with Gasteiger partial charge in [-0.2, -0.15) is 0 Å². The molecule has 1 atom stereocenters. The van der Waals surface area contributed by atoms with E-state index in [2.05, 4.69) is 5.32 Å². The van der Waals surface area contributed by atoms with Gasteiger partial charge < -0.3 is 14.8 Å². The highest BCUT2D eigenvalue weighted by atomic mass is 35.5. The van der Waals surface area contributed by atoms with E-state index in [4.69, 9.17) is 32.7 Å². The molecule has 0 aliphatic rings. The number of rotatable bonds is 5. The molecule has 5 heteroatoms. The summed E-state index contributed by atoms with van der Waals surface area (Å²) in [5.74, 6) is 1.36. The number of hydrogen-bond acceptors (Lipinski definition) is 3. The lowest BCUT2D eigenvalue weighted by atomic mass is 10.1. The lowest BCUT2D eigenvalue weighted by molar-refractivity contribution is 0.242. The van der Waals surface area contributed by atoms with Crippen molar-refractivity contribution < 1.29 is 9.52 Å². The first-order chi connectivity index (χ1) is 9.10. The smallest absolute Gasteiger partial charge is 0.129 e. The second-order valence-electron chi connectivity index (χ2n) is 4.30. The molecule has 102 valence electrons. The van der Waals surface area contributed by atoms with Gasteiger partial charge in [0, 0.05) is 6.04 Å². The van der Waals surface area contributed by atoms with Gasteiger partial charge in [0.2, 0.25) is 0 Å². The third-order valence-corrected chi connectivity index (χ3v) is 3.64. The van der Waals surface area contributed by atoms with E-state index < -0.39 is 0 Å². The third-order valence-electron chi connectivity index (χ3n) is 2.90.